The van der Waals surface area contributed by atoms with Crippen molar-refractivity contribution in [3.63, 3.8) is 0 Å². The lowest BCUT2D eigenvalue weighted by Crippen LogP contribution is -2.35. The molecule has 0 heterocycles. The first-order chi connectivity index (χ1) is 8.61. The summed E-state index contributed by atoms with van der Waals surface area (Å²) < 4.78 is 2.23. The van der Waals surface area contributed by atoms with Crippen molar-refractivity contribution in [1.29, 1.82) is 0 Å². The van der Waals surface area contributed by atoms with Gasteiger partial charge in [-0.1, -0.05) is 51.6 Å². The summed E-state index contributed by atoms with van der Waals surface area (Å²) in [6, 6.07) is 6.52. The fourth-order valence-corrected chi connectivity index (χ4v) is 3.72. The number of hydrogen-bond acceptors (Lipinski definition) is 2. The molecule has 2 rings (SSSR count). The normalized spacial score (nSPS) is 26.0. The molecule has 0 spiro atoms. The summed E-state index contributed by atoms with van der Waals surface area (Å²) in [5, 5.41) is 0. The van der Waals surface area contributed by atoms with Gasteiger partial charge in [-0.05, 0) is 48.4 Å². The summed E-state index contributed by atoms with van der Waals surface area (Å²) in [6.45, 7) is 2.34. The van der Waals surface area contributed by atoms with Crippen LogP contribution in [-0.2, 0) is 0 Å². The number of nitrogens with one attached hydrogen (secondary N) is 1. The van der Waals surface area contributed by atoms with E-state index >= 15 is 0 Å². The smallest absolute Gasteiger partial charge is 0.0499 e. The van der Waals surface area contributed by atoms with Crippen LogP contribution in [0.1, 0.15) is 44.2 Å². The molecule has 0 aliphatic heterocycles. The molecule has 1 aromatic rings. The molecule has 0 amide bonds. The van der Waals surface area contributed by atoms with Gasteiger partial charge in [-0.3, -0.25) is 11.3 Å². The van der Waals surface area contributed by atoms with Crippen LogP contribution in [0.5, 0.6) is 0 Å². The molecule has 100 valence electrons. The van der Waals surface area contributed by atoms with E-state index in [4.69, 9.17) is 5.84 Å². The van der Waals surface area contributed by atoms with Crippen molar-refractivity contribution in [2.75, 3.05) is 0 Å². The van der Waals surface area contributed by atoms with Crippen LogP contribution in [0.2, 0.25) is 0 Å². The van der Waals surface area contributed by atoms with Crippen molar-refractivity contribution >= 4 is 31.9 Å². The third-order valence-electron chi connectivity index (χ3n) is 4.00. The number of nitrogens with two attached hydrogens (primary N) is 1. The van der Waals surface area contributed by atoms with Crippen LogP contribution < -0.4 is 11.3 Å². The molecule has 2 nitrogen and oxygen atoms in total. The van der Waals surface area contributed by atoms with Crippen LogP contribution in [0.15, 0.2) is 27.1 Å². The minimum absolute atomic E-state index is 0.240. The lowest BCUT2D eigenvalue weighted by molar-refractivity contribution is 0.232. The summed E-state index contributed by atoms with van der Waals surface area (Å²) in [6.07, 6.45) is 5.15. The highest BCUT2D eigenvalue weighted by Crippen LogP contribution is 2.39. The average Bonchev–Trinajstić information content (AvgIpc) is 2.37. The third-order valence-corrected chi connectivity index (χ3v) is 5.22. The topological polar surface area (TPSA) is 38.0 Å². The number of hydrogen-bond donors (Lipinski definition) is 2. The molecule has 0 saturated heterocycles. The summed E-state index contributed by atoms with van der Waals surface area (Å²) in [5.41, 5.74) is 4.28. The molecule has 4 heteroatoms. The average molecular weight is 376 g/mol. The van der Waals surface area contributed by atoms with E-state index in [0.717, 1.165) is 14.9 Å². The quantitative estimate of drug-likeness (QED) is 0.601. The largest absolute Gasteiger partial charge is 0.271 e. The molecule has 1 aliphatic rings. The molecule has 1 unspecified atom stereocenters. The maximum atomic E-state index is 5.80. The standard InChI is InChI=1S/C14H20Br2N2/c1-9-2-4-10(5-3-9)14(18-17)12-8-11(15)6-7-13(12)16/h6-10,14,18H,2-5,17H2,1H3. The minimum atomic E-state index is 0.240. The number of benzene rings is 1. The summed E-state index contributed by atoms with van der Waals surface area (Å²) >= 11 is 7.17. The minimum Gasteiger partial charge on any atom is -0.271 e. The van der Waals surface area contributed by atoms with Crippen molar-refractivity contribution in [3.8, 4) is 0 Å². The second-order valence-electron chi connectivity index (χ2n) is 5.33. The summed E-state index contributed by atoms with van der Waals surface area (Å²) in [7, 11) is 0. The molecule has 3 N–H and O–H groups in total. The van der Waals surface area contributed by atoms with Gasteiger partial charge in [0, 0.05) is 15.0 Å². The Morgan fingerprint density at radius 2 is 1.89 bits per heavy atom. The Kier molecular flexibility index (Phi) is 5.24. The molecular formula is C14H20Br2N2. The SMILES string of the molecule is CC1CCC(C(NN)c2cc(Br)ccc2Br)CC1. The van der Waals surface area contributed by atoms with Crippen molar-refractivity contribution < 1.29 is 0 Å². The van der Waals surface area contributed by atoms with Gasteiger partial charge in [-0.15, -0.1) is 0 Å². The molecule has 1 aromatic carbocycles. The molecule has 1 aliphatic carbocycles. The lowest BCUT2D eigenvalue weighted by Gasteiger charge is -2.33. The second-order valence-corrected chi connectivity index (χ2v) is 7.10. The van der Waals surface area contributed by atoms with Gasteiger partial charge in [-0.25, -0.2) is 0 Å². The fraction of sp³-hybridized carbons (Fsp3) is 0.571. The van der Waals surface area contributed by atoms with E-state index in [1.807, 2.05) is 6.07 Å². The number of halogens is 2. The van der Waals surface area contributed by atoms with E-state index < -0.39 is 0 Å². The van der Waals surface area contributed by atoms with Gasteiger partial charge in [0.25, 0.3) is 0 Å². The van der Waals surface area contributed by atoms with E-state index in [1.165, 1.54) is 31.2 Å². The highest BCUT2D eigenvalue weighted by atomic mass is 79.9. The molecule has 1 saturated carbocycles. The van der Waals surface area contributed by atoms with Gasteiger partial charge in [0.15, 0.2) is 0 Å². The van der Waals surface area contributed by atoms with Gasteiger partial charge < -0.3 is 0 Å². The second kappa shape index (κ2) is 6.51. The highest BCUT2D eigenvalue weighted by molar-refractivity contribution is 9.11. The van der Waals surface area contributed by atoms with Gasteiger partial charge in [0.1, 0.15) is 0 Å². The van der Waals surface area contributed by atoms with Crippen LogP contribution in [-0.4, -0.2) is 0 Å². The molecule has 0 radical (unpaired) electrons. The predicted octanol–water partition coefficient (Wildman–Crippen LogP) is 4.54. The van der Waals surface area contributed by atoms with Gasteiger partial charge in [0.2, 0.25) is 0 Å². The van der Waals surface area contributed by atoms with Gasteiger partial charge in [-0.2, -0.15) is 0 Å². The van der Waals surface area contributed by atoms with E-state index in [9.17, 15) is 0 Å². The van der Waals surface area contributed by atoms with Crippen molar-refractivity contribution in [2.45, 2.75) is 38.6 Å². The molecule has 1 atom stereocenters. The van der Waals surface area contributed by atoms with Crippen LogP contribution in [0.3, 0.4) is 0 Å². The predicted molar refractivity (Wildman–Crippen MR) is 83.0 cm³/mol. The zero-order valence-electron chi connectivity index (χ0n) is 10.6. The first kappa shape index (κ1) is 14.5. The Labute approximate surface area is 126 Å². The monoisotopic (exact) mass is 374 g/mol. The molecule has 0 aromatic heterocycles. The molecular weight excluding hydrogens is 356 g/mol. The molecule has 0 bridgehead atoms. The van der Waals surface area contributed by atoms with E-state index in [2.05, 4.69) is 56.3 Å². The Hall–Kier alpha value is 0.1000. The van der Waals surface area contributed by atoms with Crippen LogP contribution in [0, 0.1) is 11.8 Å². The van der Waals surface area contributed by atoms with Gasteiger partial charge in [0.05, 0.1) is 0 Å². The maximum absolute atomic E-state index is 5.80. The Morgan fingerprint density at radius 3 is 2.50 bits per heavy atom. The van der Waals surface area contributed by atoms with E-state index in [0.29, 0.717) is 5.92 Å². The van der Waals surface area contributed by atoms with Crippen molar-refractivity contribution in [1.82, 2.24) is 5.43 Å². The van der Waals surface area contributed by atoms with Crippen molar-refractivity contribution in [2.24, 2.45) is 17.7 Å². The number of hydrazine groups is 1. The maximum Gasteiger partial charge on any atom is 0.0499 e. The number of rotatable bonds is 3. The van der Waals surface area contributed by atoms with E-state index in [1.54, 1.807) is 0 Å². The van der Waals surface area contributed by atoms with Crippen LogP contribution in [0.4, 0.5) is 0 Å². The highest BCUT2D eigenvalue weighted by Gasteiger charge is 2.27. The Morgan fingerprint density at radius 1 is 1.22 bits per heavy atom. The van der Waals surface area contributed by atoms with Crippen LogP contribution >= 0.6 is 31.9 Å². The molecule has 18 heavy (non-hydrogen) atoms. The summed E-state index contributed by atoms with van der Waals surface area (Å²) in [5.74, 6) is 7.31. The summed E-state index contributed by atoms with van der Waals surface area (Å²) in [4.78, 5) is 0. The Bertz CT molecular complexity index is 401. The fourth-order valence-electron chi connectivity index (χ4n) is 2.85. The van der Waals surface area contributed by atoms with Crippen LogP contribution in [0.25, 0.3) is 0 Å². The third kappa shape index (κ3) is 3.35. The zero-order valence-corrected chi connectivity index (χ0v) is 13.8. The lowest BCUT2D eigenvalue weighted by atomic mass is 9.77. The Balaban J connectivity index is 2.19. The van der Waals surface area contributed by atoms with Gasteiger partial charge >= 0.3 is 0 Å². The molecule has 1 fully saturated rings. The van der Waals surface area contributed by atoms with Crippen molar-refractivity contribution in [3.05, 3.63) is 32.7 Å². The zero-order chi connectivity index (χ0) is 13.1. The first-order valence-electron chi connectivity index (χ1n) is 6.53. The first-order valence-corrected chi connectivity index (χ1v) is 8.11. The van der Waals surface area contributed by atoms with E-state index in [-0.39, 0.29) is 6.04 Å².